The molecule has 3 nitrogen and oxygen atoms in total. The van der Waals surface area contributed by atoms with E-state index < -0.39 is 0 Å². The Kier molecular flexibility index (Phi) is 1.78. The second kappa shape index (κ2) is 2.80. The number of halogens is 1. The van der Waals surface area contributed by atoms with E-state index in [1.165, 1.54) is 11.3 Å². The molecule has 0 amide bonds. The Bertz CT molecular complexity index is 355. The third kappa shape index (κ3) is 1.31. The van der Waals surface area contributed by atoms with Crippen molar-refractivity contribution < 1.29 is 0 Å². The summed E-state index contributed by atoms with van der Waals surface area (Å²) in [6, 6.07) is 3.76. The van der Waals surface area contributed by atoms with E-state index in [2.05, 4.69) is 9.97 Å². The molecule has 12 heavy (non-hydrogen) atoms. The van der Waals surface area contributed by atoms with Crippen LogP contribution in [0.3, 0.4) is 0 Å². The molecular formula is C7H6ClN3S. The number of aromatic nitrogens is 2. The molecule has 0 aliphatic carbocycles. The molecule has 0 saturated carbocycles. The molecule has 2 rings (SSSR count). The van der Waals surface area contributed by atoms with Gasteiger partial charge in [0.05, 0.1) is 9.21 Å². The summed E-state index contributed by atoms with van der Waals surface area (Å²) in [5, 5.41) is 0. The Labute approximate surface area is 78.2 Å². The molecule has 3 N–H and O–H groups in total. The second-order valence-corrected chi connectivity index (χ2v) is 3.99. The van der Waals surface area contributed by atoms with Crippen LogP contribution in [0.25, 0.3) is 10.6 Å². The minimum atomic E-state index is 0.425. The first-order valence-electron chi connectivity index (χ1n) is 3.32. The average molecular weight is 200 g/mol. The van der Waals surface area contributed by atoms with Crippen molar-refractivity contribution >= 4 is 28.9 Å². The van der Waals surface area contributed by atoms with E-state index in [0.29, 0.717) is 5.95 Å². The van der Waals surface area contributed by atoms with E-state index in [9.17, 15) is 0 Å². The molecule has 0 aromatic carbocycles. The summed E-state index contributed by atoms with van der Waals surface area (Å²) in [4.78, 5) is 7.90. The largest absolute Gasteiger partial charge is 0.369 e. The van der Waals surface area contributed by atoms with Gasteiger partial charge in [-0.15, -0.1) is 11.3 Å². The first-order chi connectivity index (χ1) is 5.75. The summed E-state index contributed by atoms with van der Waals surface area (Å²) in [6.45, 7) is 0. The first-order valence-corrected chi connectivity index (χ1v) is 4.52. The number of imidazole rings is 1. The molecule has 0 saturated heterocycles. The predicted molar refractivity (Wildman–Crippen MR) is 51.3 cm³/mol. The minimum absolute atomic E-state index is 0.425. The van der Waals surface area contributed by atoms with Crippen LogP contribution in [-0.2, 0) is 0 Å². The zero-order chi connectivity index (χ0) is 8.55. The van der Waals surface area contributed by atoms with Gasteiger partial charge in [0.15, 0.2) is 5.95 Å². The summed E-state index contributed by atoms with van der Waals surface area (Å²) in [5.41, 5.74) is 6.27. The normalized spacial score (nSPS) is 10.4. The molecule has 0 fully saturated rings. The van der Waals surface area contributed by atoms with Gasteiger partial charge in [-0.2, -0.15) is 0 Å². The highest BCUT2D eigenvalue weighted by atomic mass is 35.5. The topological polar surface area (TPSA) is 54.7 Å². The van der Waals surface area contributed by atoms with Gasteiger partial charge in [0, 0.05) is 6.20 Å². The van der Waals surface area contributed by atoms with Crippen LogP contribution in [-0.4, -0.2) is 9.97 Å². The minimum Gasteiger partial charge on any atom is -0.369 e. The van der Waals surface area contributed by atoms with E-state index in [0.717, 1.165) is 14.9 Å². The zero-order valence-electron chi connectivity index (χ0n) is 6.04. The molecule has 0 aliphatic rings. The van der Waals surface area contributed by atoms with Crippen LogP contribution < -0.4 is 5.73 Å². The lowest BCUT2D eigenvalue weighted by Crippen LogP contribution is -1.84. The van der Waals surface area contributed by atoms with Crippen LogP contribution in [0.1, 0.15) is 0 Å². The van der Waals surface area contributed by atoms with Crippen LogP contribution in [0.15, 0.2) is 18.3 Å². The maximum absolute atomic E-state index is 5.77. The summed E-state index contributed by atoms with van der Waals surface area (Å²) in [6.07, 6.45) is 1.76. The Morgan fingerprint density at radius 2 is 2.33 bits per heavy atom. The summed E-state index contributed by atoms with van der Waals surface area (Å²) >= 11 is 7.25. The number of nitrogen functional groups attached to an aromatic ring is 1. The summed E-state index contributed by atoms with van der Waals surface area (Å²) in [5.74, 6) is 0.425. The van der Waals surface area contributed by atoms with E-state index in [1.807, 2.05) is 12.1 Å². The van der Waals surface area contributed by atoms with Gasteiger partial charge in [-0.1, -0.05) is 11.6 Å². The Morgan fingerprint density at radius 1 is 1.50 bits per heavy atom. The van der Waals surface area contributed by atoms with Gasteiger partial charge in [-0.25, -0.2) is 4.98 Å². The molecule has 0 spiro atoms. The number of rotatable bonds is 1. The van der Waals surface area contributed by atoms with E-state index in [4.69, 9.17) is 17.3 Å². The SMILES string of the molecule is Nc1nc(-c2ccc(Cl)s2)c[nH]1. The van der Waals surface area contributed by atoms with Crippen molar-refractivity contribution in [2.75, 3.05) is 5.73 Å². The van der Waals surface area contributed by atoms with Crippen LogP contribution in [0.5, 0.6) is 0 Å². The van der Waals surface area contributed by atoms with E-state index in [-0.39, 0.29) is 0 Å². The smallest absolute Gasteiger partial charge is 0.198 e. The molecule has 2 aromatic rings. The van der Waals surface area contributed by atoms with Gasteiger partial charge in [0.1, 0.15) is 5.69 Å². The van der Waals surface area contributed by atoms with E-state index >= 15 is 0 Å². The van der Waals surface area contributed by atoms with Crippen molar-refractivity contribution in [3.05, 3.63) is 22.7 Å². The van der Waals surface area contributed by atoms with Gasteiger partial charge in [0.2, 0.25) is 0 Å². The van der Waals surface area contributed by atoms with Crippen molar-refractivity contribution in [3.63, 3.8) is 0 Å². The lowest BCUT2D eigenvalue weighted by Gasteiger charge is -1.84. The molecule has 2 heterocycles. The van der Waals surface area contributed by atoms with Gasteiger partial charge in [0.25, 0.3) is 0 Å². The van der Waals surface area contributed by atoms with Crippen LogP contribution in [0.2, 0.25) is 4.34 Å². The Balaban J connectivity index is 2.43. The quantitative estimate of drug-likeness (QED) is 0.741. The number of aromatic amines is 1. The highest BCUT2D eigenvalue weighted by molar-refractivity contribution is 7.19. The average Bonchev–Trinajstić information content (AvgIpc) is 2.58. The van der Waals surface area contributed by atoms with Crippen molar-refractivity contribution in [3.8, 4) is 10.6 Å². The van der Waals surface area contributed by atoms with Crippen LogP contribution in [0, 0.1) is 0 Å². The second-order valence-electron chi connectivity index (χ2n) is 2.27. The Morgan fingerprint density at radius 3 is 2.83 bits per heavy atom. The first kappa shape index (κ1) is 7.64. The summed E-state index contributed by atoms with van der Waals surface area (Å²) < 4.78 is 0.756. The lowest BCUT2D eigenvalue weighted by atomic mass is 10.4. The van der Waals surface area contributed by atoms with Crippen molar-refractivity contribution in [2.45, 2.75) is 0 Å². The molecular weight excluding hydrogens is 194 g/mol. The Hall–Kier alpha value is -1.00. The molecule has 2 aromatic heterocycles. The van der Waals surface area contributed by atoms with Gasteiger partial charge >= 0.3 is 0 Å². The highest BCUT2D eigenvalue weighted by Gasteiger charge is 2.03. The van der Waals surface area contributed by atoms with Crippen LogP contribution >= 0.6 is 22.9 Å². The number of nitrogens with zero attached hydrogens (tertiary/aromatic N) is 1. The molecule has 5 heteroatoms. The number of nitrogens with one attached hydrogen (secondary N) is 1. The van der Waals surface area contributed by atoms with Crippen molar-refractivity contribution in [1.29, 1.82) is 0 Å². The molecule has 0 bridgehead atoms. The van der Waals surface area contributed by atoms with Crippen LogP contribution in [0.4, 0.5) is 5.95 Å². The zero-order valence-corrected chi connectivity index (χ0v) is 7.62. The highest BCUT2D eigenvalue weighted by Crippen LogP contribution is 2.29. The fraction of sp³-hybridized carbons (Fsp3) is 0. The number of thiophene rings is 1. The molecule has 0 unspecified atom stereocenters. The maximum Gasteiger partial charge on any atom is 0.198 e. The molecule has 0 atom stereocenters. The van der Waals surface area contributed by atoms with Crippen molar-refractivity contribution in [1.82, 2.24) is 9.97 Å². The maximum atomic E-state index is 5.77. The lowest BCUT2D eigenvalue weighted by molar-refractivity contribution is 1.33. The molecule has 0 aliphatic heterocycles. The van der Waals surface area contributed by atoms with E-state index in [1.54, 1.807) is 6.20 Å². The van der Waals surface area contributed by atoms with Gasteiger partial charge in [-0.3, -0.25) is 0 Å². The third-order valence-electron chi connectivity index (χ3n) is 1.42. The monoisotopic (exact) mass is 199 g/mol. The third-order valence-corrected chi connectivity index (χ3v) is 2.68. The van der Waals surface area contributed by atoms with Gasteiger partial charge < -0.3 is 10.7 Å². The number of nitrogens with two attached hydrogens (primary N) is 1. The van der Waals surface area contributed by atoms with Crippen molar-refractivity contribution in [2.24, 2.45) is 0 Å². The molecule has 62 valence electrons. The number of hydrogen-bond acceptors (Lipinski definition) is 3. The summed E-state index contributed by atoms with van der Waals surface area (Å²) in [7, 11) is 0. The number of hydrogen-bond donors (Lipinski definition) is 2. The standard InChI is InChI=1S/C7H6ClN3S/c8-6-2-1-5(12-6)4-3-10-7(9)11-4/h1-3H,(H3,9,10,11). The van der Waals surface area contributed by atoms with Gasteiger partial charge in [-0.05, 0) is 12.1 Å². The number of anilines is 1. The number of H-pyrrole nitrogens is 1. The predicted octanol–water partition coefficient (Wildman–Crippen LogP) is 2.37. The molecule has 0 radical (unpaired) electrons. The fourth-order valence-electron chi connectivity index (χ4n) is 0.915. The fourth-order valence-corrected chi connectivity index (χ4v) is 1.92.